The smallest absolute Gasteiger partial charge is 0.265 e. The Morgan fingerprint density at radius 1 is 1.44 bits per heavy atom. The topological polar surface area (TPSA) is 55.0 Å². The van der Waals surface area contributed by atoms with Gasteiger partial charge in [0.15, 0.2) is 0 Å². The van der Waals surface area contributed by atoms with Gasteiger partial charge in [-0.25, -0.2) is 4.98 Å². The molecule has 0 saturated heterocycles. The van der Waals surface area contributed by atoms with Crippen LogP contribution in [0.3, 0.4) is 0 Å². The molecule has 94 valence electrons. The van der Waals surface area contributed by atoms with Crippen molar-refractivity contribution in [2.75, 3.05) is 7.11 Å². The average molecular weight is 309 g/mol. The summed E-state index contributed by atoms with van der Waals surface area (Å²) >= 11 is 3.20. The van der Waals surface area contributed by atoms with Gasteiger partial charge in [0.05, 0.1) is 12.8 Å². The largest absolute Gasteiger partial charge is 0.497 e. The number of ether oxygens (including phenoxy) is 1. The van der Waals surface area contributed by atoms with Crippen molar-refractivity contribution in [3.8, 4) is 5.75 Å². The minimum atomic E-state index is -0.152. The standard InChI is InChI=1S/C13H13BrN2O2/c1-8-12(14)13(17)16-11(15-8)7-9-4-3-5-10(6-9)18-2/h3-6H,7H2,1-2H3,(H,15,16,17). The van der Waals surface area contributed by atoms with E-state index < -0.39 is 0 Å². The lowest BCUT2D eigenvalue weighted by Gasteiger charge is -2.05. The fourth-order valence-electron chi connectivity index (χ4n) is 1.69. The summed E-state index contributed by atoms with van der Waals surface area (Å²) in [7, 11) is 1.63. The number of hydrogen-bond acceptors (Lipinski definition) is 3. The van der Waals surface area contributed by atoms with Crippen molar-refractivity contribution < 1.29 is 4.74 Å². The normalized spacial score (nSPS) is 10.4. The first kappa shape index (κ1) is 12.8. The molecule has 0 amide bonds. The predicted molar refractivity (Wildman–Crippen MR) is 73.1 cm³/mol. The first-order valence-corrected chi connectivity index (χ1v) is 6.27. The maximum absolute atomic E-state index is 11.6. The minimum Gasteiger partial charge on any atom is -0.497 e. The van der Waals surface area contributed by atoms with Crippen molar-refractivity contribution >= 4 is 15.9 Å². The third-order valence-corrected chi connectivity index (χ3v) is 3.52. The molecule has 0 unspecified atom stereocenters. The zero-order valence-electron chi connectivity index (χ0n) is 10.2. The van der Waals surface area contributed by atoms with Crippen molar-refractivity contribution in [1.82, 2.24) is 9.97 Å². The van der Waals surface area contributed by atoms with Gasteiger partial charge < -0.3 is 9.72 Å². The van der Waals surface area contributed by atoms with Crippen LogP contribution in [-0.4, -0.2) is 17.1 Å². The number of nitrogens with zero attached hydrogens (tertiary/aromatic N) is 1. The highest BCUT2D eigenvalue weighted by Gasteiger charge is 2.06. The quantitative estimate of drug-likeness (QED) is 0.947. The molecule has 0 fully saturated rings. The zero-order valence-corrected chi connectivity index (χ0v) is 11.7. The zero-order chi connectivity index (χ0) is 13.1. The molecule has 0 saturated carbocycles. The van der Waals surface area contributed by atoms with Crippen molar-refractivity contribution in [1.29, 1.82) is 0 Å². The van der Waals surface area contributed by atoms with Crippen LogP contribution in [-0.2, 0) is 6.42 Å². The molecule has 2 rings (SSSR count). The molecule has 0 aliphatic heterocycles. The molecule has 0 atom stereocenters. The van der Waals surface area contributed by atoms with Gasteiger partial charge in [0, 0.05) is 6.42 Å². The summed E-state index contributed by atoms with van der Waals surface area (Å²) in [5.74, 6) is 1.44. The first-order valence-electron chi connectivity index (χ1n) is 5.48. The molecule has 0 aliphatic carbocycles. The number of halogens is 1. The third-order valence-electron chi connectivity index (χ3n) is 2.58. The van der Waals surface area contributed by atoms with Gasteiger partial charge in [-0.15, -0.1) is 0 Å². The molecule has 18 heavy (non-hydrogen) atoms. The summed E-state index contributed by atoms with van der Waals surface area (Å²) in [5, 5.41) is 0. The number of hydrogen-bond donors (Lipinski definition) is 1. The Morgan fingerprint density at radius 2 is 2.22 bits per heavy atom. The van der Waals surface area contributed by atoms with E-state index in [9.17, 15) is 4.79 Å². The molecule has 2 aromatic rings. The molecule has 5 heteroatoms. The number of nitrogens with one attached hydrogen (secondary N) is 1. The first-order chi connectivity index (χ1) is 8.60. The highest BCUT2D eigenvalue weighted by Crippen LogP contribution is 2.15. The van der Waals surface area contributed by atoms with Crippen molar-refractivity contribution in [2.45, 2.75) is 13.3 Å². The number of aryl methyl sites for hydroxylation is 1. The van der Waals surface area contributed by atoms with Crippen LogP contribution in [0, 0.1) is 6.92 Å². The minimum absolute atomic E-state index is 0.152. The van der Waals surface area contributed by atoms with E-state index in [1.807, 2.05) is 24.3 Å². The van der Waals surface area contributed by atoms with Gasteiger partial charge in [-0.3, -0.25) is 4.79 Å². The Morgan fingerprint density at radius 3 is 2.89 bits per heavy atom. The molecule has 0 radical (unpaired) electrons. The number of benzene rings is 1. The molecule has 1 N–H and O–H groups in total. The van der Waals surface area contributed by atoms with Crippen LogP contribution in [0.4, 0.5) is 0 Å². The Bertz CT molecular complexity index is 623. The number of aromatic amines is 1. The molecule has 1 heterocycles. The molecular weight excluding hydrogens is 296 g/mol. The fraction of sp³-hybridized carbons (Fsp3) is 0.231. The van der Waals surface area contributed by atoms with E-state index >= 15 is 0 Å². The second-order valence-corrected chi connectivity index (χ2v) is 4.73. The van der Waals surface area contributed by atoms with E-state index in [0.29, 0.717) is 22.4 Å². The van der Waals surface area contributed by atoms with Crippen molar-refractivity contribution in [3.63, 3.8) is 0 Å². The molecule has 4 nitrogen and oxygen atoms in total. The van der Waals surface area contributed by atoms with Gasteiger partial charge in [-0.2, -0.15) is 0 Å². The Hall–Kier alpha value is -1.62. The lowest BCUT2D eigenvalue weighted by molar-refractivity contribution is 0.414. The maximum atomic E-state index is 11.6. The Labute approximate surface area is 113 Å². The highest BCUT2D eigenvalue weighted by molar-refractivity contribution is 9.10. The van der Waals surface area contributed by atoms with Crippen LogP contribution in [0.1, 0.15) is 17.1 Å². The van der Waals surface area contributed by atoms with E-state index in [1.165, 1.54) is 0 Å². The summed E-state index contributed by atoms with van der Waals surface area (Å²) in [4.78, 5) is 18.7. The Balaban J connectivity index is 2.31. The third kappa shape index (κ3) is 2.79. The monoisotopic (exact) mass is 308 g/mol. The summed E-state index contributed by atoms with van der Waals surface area (Å²) in [6, 6.07) is 7.70. The summed E-state index contributed by atoms with van der Waals surface area (Å²) in [6.07, 6.45) is 0.570. The van der Waals surface area contributed by atoms with Crippen LogP contribution < -0.4 is 10.3 Å². The van der Waals surface area contributed by atoms with Gasteiger partial charge in [0.1, 0.15) is 16.0 Å². The second-order valence-electron chi connectivity index (χ2n) is 3.94. The number of aromatic nitrogens is 2. The van der Waals surface area contributed by atoms with Crippen LogP contribution >= 0.6 is 15.9 Å². The van der Waals surface area contributed by atoms with Crippen LogP contribution in [0.2, 0.25) is 0 Å². The molecule has 1 aromatic heterocycles. The van der Waals surface area contributed by atoms with E-state index in [1.54, 1.807) is 14.0 Å². The summed E-state index contributed by atoms with van der Waals surface area (Å²) < 4.78 is 5.64. The van der Waals surface area contributed by atoms with Gasteiger partial charge in [-0.1, -0.05) is 12.1 Å². The summed E-state index contributed by atoms with van der Waals surface area (Å²) in [6.45, 7) is 1.80. The molecular formula is C13H13BrN2O2. The van der Waals surface area contributed by atoms with Crippen LogP contribution in [0.15, 0.2) is 33.5 Å². The van der Waals surface area contributed by atoms with Crippen LogP contribution in [0.5, 0.6) is 5.75 Å². The van der Waals surface area contributed by atoms with Crippen LogP contribution in [0.25, 0.3) is 0 Å². The lowest BCUT2D eigenvalue weighted by Crippen LogP contribution is -2.14. The van der Waals surface area contributed by atoms with Crippen molar-refractivity contribution in [2.24, 2.45) is 0 Å². The van der Waals surface area contributed by atoms with Gasteiger partial charge in [-0.05, 0) is 40.5 Å². The predicted octanol–water partition coefficient (Wildman–Crippen LogP) is 2.44. The molecule has 0 bridgehead atoms. The summed E-state index contributed by atoms with van der Waals surface area (Å²) in [5.41, 5.74) is 1.58. The van der Waals surface area contributed by atoms with E-state index in [2.05, 4.69) is 25.9 Å². The molecule has 1 aromatic carbocycles. The lowest BCUT2D eigenvalue weighted by atomic mass is 10.1. The van der Waals surface area contributed by atoms with E-state index in [0.717, 1.165) is 11.3 Å². The molecule has 0 spiro atoms. The number of methoxy groups -OCH3 is 1. The molecule has 0 aliphatic rings. The van der Waals surface area contributed by atoms with E-state index in [4.69, 9.17) is 4.74 Å². The SMILES string of the molecule is COc1cccc(Cc2nc(C)c(Br)c(=O)[nH]2)c1. The fourth-order valence-corrected chi connectivity index (χ4v) is 1.88. The number of H-pyrrole nitrogens is 1. The highest BCUT2D eigenvalue weighted by atomic mass is 79.9. The van der Waals surface area contributed by atoms with Crippen molar-refractivity contribution in [3.05, 3.63) is 56.2 Å². The van der Waals surface area contributed by atoms with Gasteiger partial charge in [0.25, 0.3) is 5.56 Å². The van der Waals surface area contributed by atoms with E-state index in [-0.39, 0.29) is 5.56 Å². The maximum Gasteiger partial charge on any atom is 0.265 e. The van der Waals surface area contributed by atoms with Gasteiger partial charge in [0.2, 0.25) is 0 Å². The Kier molecular flexibility index (Phi) is 3.81. The average Bonchev–Trinajstić information content (AvgIpc) is 2.36. The second kappa shape index (κ2) is 5.35. The van der Waals surface area contributed by atoms with Gasteiger partial charge >= 0.3 is 0 Å². The number of rotatable bonds is 3.